The van der Waals surface area contributed by atoms with Gasteiger partial charge in [0.2, 0.25) is 5.91 Å². The van der Waals surface area contributed by atoms with Crippen LogP contribution in [0.5, 0.6) is 0 Å². The van der Waals surface area contributed by atoms with Gasteiger partial charge in [-0.2, -0.15) is 0 Å². The molecule has 2 N–H and O–H groups in total. The lowest BCUT2D eigenvalue weighted by Gasteiger charge is -2.10. The summed E-state index contributed by atoms with van der Waals surface area (Å²) in [5.41, 5.74) is 0. The molecule has 0 bridgehead atoms. The molecule has 6 heteroatoms. The van der Waals surface area contributed by atoms with E-state index in [-0.39, 0.29) is 18.2 Å². The summed E-state index contributed by atoms with van der Waals surface area (Å²) in [6, 6.07) is 0. The number of sulfone groups is 1. The number of hydrogen-bond acceptors (Lipinski definition) is 4. The molecule has 1 fully saturated rings. The van der Waals surface area contributed by atoms with Crippen LogP contribution in [-0.2, 0) is 14.6 Å². The number of carbonyl (C=O) groups excluding carboxylic acids is 1. The van der Waals surface area contributed by atoms with Crippen LogP contribution in [0, 0.1) is 5.92 Å². The van der Waals surface area contributed by atoms with Gasteiger partial charge in [-0.3, -0.25) is 4.79 Å². The Labute approximate surface area is 89.8 Å². The fraction of sp³-hybridized carbons (Fsp3) is 0.889. The highest BCUT2D eigenvalue weighted by Crippen LogP contribution is 2.31. The van der Waals surface area contributed by atoms with Gasteiger partial charge >= 0.3 is 0 Å². The molecule has 1 unspecified atom stereocenters. The maximum Gasteiger partial charge on any atom is 0.220 e. The van der Waals surface area contributed by atoms with E-state index in [0.717, 1.165) is 19.1 Å². The van der Waals surface area contributed by atoms with E-state index in [0.29, 0.717) is 12.3 Å². The monoisotopic (exact) mass is 235 g/mol. The Balaban J connectivity index is 2.15. The zero-order valence-electron chi connectivity index (χ0n) is 8.77. The first-order valence-corrected chi connectivity index (χ1v) is 7.05. The fourth-order valence-electron chi connectivity index (χ4n) is 1.30. The van der Waals surface area contributed by atoms with Crippen molar-refractivity contribution in [1.29, 1.82) is 0 Å². The predicted molar refractivity (Wildman–Crippen MR) is 56.1 cm³/mol. The summed E-state index contributed by atoms with van der Waals surface area (Å²) in [7, 11) is -3.18. The van der Waals surface area contributed by atoms with Crippen molar-refractivity contribution in [2.45, 2.75) is 25.4 Å². The minimum Gasteiger partial charge on any atom is -0.390 e. The zero-order chi connectivity index (χ0) is 11.5. The molecule has 5 nitrogen and oxygen atoms in total. The number of hydrogen-bond donors (Lipinski definition) is 2. The molecule has 0 spiro atoms. The molecule has 0 aromatic carbocycles. The SMILES string of the molecule is CS(=O)(=O)CC(O)CNC(=O)CC1CC1. The van der Waals surface area contributed by atoms with Crippen molar-refractivity contribution in [1.82, 2.24) is 5.32 Å². The maximum atomic E-state index is 11.2. The molecule has 0 aromatic rings. The molecule has 0 aromatic heterocycles. The first-order valence-electron chi connectivity index (χ1n) is 4.99. The summed E-state index contributed by atoms with van der Waals surface area (Å²) in [4.78, 5) is 11.2. The quantitative estimate of drug-likeness (QED) is 0.638. The lowest BCUT2D eigenvalue weighted by atomic mass is 10.3. The second-order valence-corrected chi connectivity index (χ2v) is 6.38. The molecule has 1 saturated carbocycles. The molecule has 0 radical (unpaired) electrons. The molecule has 88 valence electrons. The molecule has 1 rings (SSSR count). The molecular formula is C9H17NO4S. The van der Waals surface area contributed by atoms with Gasteiger partial charge in [0.25, 0.3) is 0 Å². The predicted octanol–water partition coefficient (Wildman–Crippen LogP) is -0.692. The Bertz CT molecular complexity index is 321. The standard InChI is InChI=1S/C9H17NO4S/c1-15(13,14)6-8(11)5-10-9(12)4-7-2-3-7/h7-8,11H,2-6H2,1H3,(H,10,12). The third-order valence-corrected chi connectivity index (χ3v) is 3.19. The van der Waals surface area contributed by atoms with Crippen molar-refractivity contribution in [3.8, 4) is 0 Å². The minimum atomic E-state index is -3.18. The molecule has 1 aliphatic rings. The Morgan fingerprint density at radius 2 is 2.13 bits per heavy atom. The van der Waals surface area contributed by atoms with Crippen LogP contribution in [0.4, 0.5) is 0 Å². The van der Waals surface area contributed by atoms with Gasteiger partial charge in [0, 0.05) is 19.2 Å². The summed E-state index contributed by atoms with van der Waals surface area (Å²) in [6.07, 6.45) is 2.73. The Hall–Kier alpha value is -0.620. The van der Waals surface area contributed by atoms with E-state index in [9.17, 15) is 18.3 Å². The van der Waals surface area contributed by atoms with Crippen LogP contribution < -0.4 is 5.32 Å². The lowest BCUT2D eigenvalue weighted by Crippen LogP contribution is -2.35. The molecule has 15 heavy (non-hydrogen) atoms. The first-order chi connectivity index (χ1) is 6.87. The molecule has 0 saturated heterocycles. The highest BCUT2D eigenvalue weighted by atomic mass is 32.2. The number of amides is 1. The average molecular weight is 235 g/mol. The third-order valence-electron chi connectivity index (χ3n) is 2.20. The summed E-state index contributed by atoms with van der Waals surface area (Å²) in [6.45, 7) is 0.0125. The molecule has 0 aliphatic heterocycles. The van der Waals surface area contributed by atoms with Gasteiger partial charge in [-0.15, -0.1) is 0 Å². The van der Waals surface area contributed by atoms with E-state index < -0.39 is 15.9 Å². The second-order valence-electron chi connectivity index (χ2n) is 4.20. The van der Waals surface area contributed by atoms with Crippen molar-refractivity contribution in [3.05, 3.63) is 0 Å². The van der Waals surface area contributed by atoms with E-state index in [1.807, 2.05) is 0 Å². The average Bonchev–Trinajstić information content (AvgIpc) is 2.81. The zero-order valence-corrected chi connectivity index (χ0v) is 9.59. The van der Waals surface area contributed by atoms with Gasteiger partial charge in [0.15, 0.2) is 0 Å². The van der Waals surface area contributed by atoms with Crippen molar-refractivity contribution >= 4 is 15.7 Å². The fourth-order valence-corrected chi connectivity index (χ4v) is 2.11. The Morgan fingerprint density at radius 3 is 2.60 bits per heavy atom. The molecular weight excluding hydrogens is 218 g/mol. The van der Waals surface area contributed by atoms with Gasteiger partial charge in [-0.25, -0.2) is 8.42 Å². The van der Waals surface area contributed by atoms with Crippen molar-refractivity contribution in [3.63, 3.8) is 0 Å². The highest BCUT2D eigenvalue weighted by Gasteiger charge is 2.24. The number of aliphatic hydroxyl groups is 1. The normalized spacial score (nSPS) is 18.5. The second kappa shape index (κ2) is 4.94. The van der Waals surface area contributed by atoms with E-state index in [1.165, 1.54) is 0 Å². The van der Waals surface area contributed by atoms with Crippen LogP contribution in [0.15, 0.2) is 0 Å². The first kappa shape index (κ1) is 12.4. The maximum absolute atomic E-state index is 11.2. The van der Waals surface area contributed by atoms with Crippen LogP contribution >= 0.6 is 0 Å². The van der Waals surface area contributed by atoms with Crippen molar-refractivity contribution < 1.29 is 18.3 Å². The van der Waals surface area contributed by atoms with Gasteiger partial charge in [-0.05, 0) is 18.8 Å². The van der Waals surface area contributed by atoms with Crippen LogP contribution in [0.3, 0.4) is 0 Å². The van der Waals surface area contributed by atoms with Gasteiger partial charge < -0.3 is 10.4 Å². The topological polar surface area (TPSA) is 83.5 Å². The highest BCUT2D eigenvalue weighted by molar-refractivity contribution is 7.90. The molecule has 1 aliphatic carbocycles. The summed E-state index contributed by atoms with van der Waals surface area (Å²) < 4.78 is 21.6. The number of aliphatic hydroxyl groups excluding tert-OH is 1. The van der Waals surface area contributed by atoms with Crippen LogP contribution in [-0.4, -0.2) is 44.1 Å². The van der Waals surface area contributed by atoms with Crippen molar-refractivity contribution in [2.75, 3.05) is 18.6 Å². The lowest BCUT2D eigenvalue weighted by molar-refractivity contribution is -0.121. The van der Waals surface area contributed by atoms with Crippen LogP contribution in [0.2, 0.25) is 0 Å². The number of carbonyl (C=O) groups is 1. The third kappa shape index (κ3) is 6.46. The molecule has 0 heterocycles. The number of rotatable bonds is 6. The smallest absolute Gasteiger partial charge is 0.220 e. The van der Waals surface area contributed by atoms with E-state index in [2.05, 4.69) is 5.32 Å². The van der Waals surface area contributed by atoms with Gasteiger partial charge in [-0.1, -0.05) is 0 Å². The molecule has 1 amide bonds. The van der Waals surface area contributed by atoms with Gasteiger partial charge in [0.05, 0.1) is 11.9 Å². The van der Waals surface area contributed by atoms with E-state index in [1.54, 1.807) is 0 Å². The Morgan fingerprint density at radius 1 is 1.53 bits per heavy atom. The summed E-state index contributed by atoms with van der Waals surface area (Å²) >= 11 is 0. The van der Waals surface area contributed by atoms with Crippen LogP contribution in [0.25, 0.3) is 0 Å². The van der Waals surface area contributed by atoms with Crippen LogP contribution in [0.1, 0.15) is 19.3 Å². The van der Waals surface area contributed by atoms with E-state index >= 15 is 0 Å². The number of nitrogens with one attached hydrogen (secondary N) is 1. The largest absolute Gasteiger partial charge is 0.390 e. The minimum absolute atomic E-state index is 0.0125. The summed E-state index contributed by atoms with van der Waals surface area (Å²) in [5.74, 6) is 0.0820. The molecule has 1 atom stereocenters. The summed E-state index contributed by atoms with van der Waals surface area (Å²) in [5, 5.41) is 11.8. The Kier molecular flexibility index (Phi) is 4.10. The van der Waals surface area contributed by atoms with Crippen molar-refractivity contribution in [2.24, 2.45) is 5.92 Å². The van der Waals surface area contributed by atoms with E-state index in [4.69, 9.17) is 0 Å². The van der Waals surface area contributed by atoms with Gasteiger partial charge in [0.1, 0.15) is 9.84 Å².